The summed E-state index contributed by atoms with van der Waals surface area (Å²) >= 11 is 5.39. The van der Waals surface area contributed by atoms with Crippen LogP contribution in [0, 0.1) is 6.92 Å². The monoisotopic (exact) mass is 312 g/mol. The van der Waals surface area contributed by atoms with E-state index in [-0.39, 0.29) is 0 Å². The van der Waals surface area contributed by atoms with E-state index in [1.165, 1.54) is 0 Å². The molecule has 0 saturated heterocycles. The summed E-state index contributed by atoms with van der Waals surface area (Å²) in [6, 6.07) is 16.4. The SMILES string of the molecule is Cc1ccc(NC(=S)C(=NNC(N)=O)c2ccccc2)cc1. The molecule has 5 nitrogen and oxygen atoms in total. The van der Waals surface area contributed by atoms with Crippen LogP contribution in [0.1, 0.15) is 11.1 Å². The molecule has 0 bridgehead atoms. The molecule has 0 saturated carbocycles. The second kappa shape index (κ2) is 7.33. The maximum atomic E-state index is 10.9. The number of nitrogens with one attached hydrogen (secondary N) is 2. The zero-order valence-electron chi connectivity index (χ0n) is 12.0. The molecular formula is C16H16N4OS. The minimum absolute atomic E-state index is 0.392. The fraction of sp³-hybridized carbons (Fsp3) is 0.0625. The second-order valence-electron chi connectivity index (χ2n) is 4.62. The van der Waals surface area contributed by atoms with E-state index in [4.69, 9.17) is 18.0 Å². The molecule has 2 aromatic carbocycles. The van der Waals surface area contributed by atoms with Crippen LogP contribution in [0.3, 0.4) is 0 Å². The van der Waals surface area contributed by atoms with Crippen molar-refractivity contribution in [2.75, 3.05) is 5.32 Å². The number of anilines is 1. The van der Waals surface area contributed by atoms with Gasteiger partial charge in [-0.3, -0.25) is 0 Å². The van der Waals surface area contributed by atoms with Crippen molar-refractivity contribution in [3.8, 4) is 0 Å². The maximum Gasteiger partial charge on any atom is 0.332 e. The van der Waals surface area contributed by atoms with E-state index in [9.17, 15) is 4.79 Å². The number of benzene rings is 2. The maximum absolute atomic E-state index is 10.9. The summed E-state index contributed by atoms with van der Waals surface area (Å²) in [6.07, 6.45) is 0. The molecule has 0 aliphatic heterocycles. The molecule has 0 fully saturated rings. The van der Waals surface area contributed by atoms with E-state index < -0.39 is 6.03 Å². The van der Waals surface area contributed by atoms with Gasteiger partial charge in [0.15, 0.2) is 0 Å². The minimum atomic E-state index is -0.744. The Morgan fingerprint density at radius 1 is 1.09 bits per heavy atom. The van der Waals surface area contributed by atoms with Crippen LogP contribution in [-0.4, -0.2) is 16.7 Å². The Morgan fingerprint density at radius 3 is 2.32 bits per heavy atom. The van der Waals surface area contributed by atoms with Crippen molar-refractivity contribution in [1.29, 1.82) is 0 Å². The molecule has 2 amide bonds. The number of urea groups is 1. The number of primary amides is 1. The topological polar surface area (TPSA) is 79.5 Å². The molecule has 0 atom stereocenters. The highest BCUT2D eigenvalue weighted by atomic mass is 32.1. The van der Waals surface area contributed by atoms with Crippen molar-refractivity contribution in [3.63, 3.8) is 0 Å². The molecule has 0 radical (unpaired) electrons. The zero-order chi connectivity index (χ0) is 15.9. The van der Waals surface area contributed by atoms with Gasteiger partial charge in [-0.2, -0.15) is 5.10 Å². The number of nitrogens with two attached hydrogens (primary N) is 1. The molecule has 2 rings (SSSR count). The van der Waals surface area contributed by atoms with Gasteiger partial charge < -0.3 is 11.1 Å². The van der Waals surface area contributed by atoms with Crippen LogP contribution in [0.25, 0.3) is 0 Å². The molecule has 2 aromatic rings. The van der Waals surface area contributed by atoms with Gasteiger partial charge in [0.05, 0.1) is 0 Å². The van der Waals surface area contributed by atoms with Gasteiger partial charge in [0.1, 0.15) is 10.7 Å². The third-order valence-electron chi connectivity index (χ3n) is 2.85. The minimum Gasteiger partial charge on any atom is -0.350 e. The molecule has 6 heteroatoms. The number of aryl methyl sites for hydroxylation is 1. The van der Waals surface area contributed by atoms with Crippen molar-refractivity contribution in [2.45, 2.75) is 6.92 Å². The lowest BCUT2D eigenvalue weighted by Gasteiger charge is -2.11. The molecular weight excluding hydrogens is 296 g/mol. The number of amides is 2. The third-order valence-corrected chi connectivity index (χ3v) is 3.15. The summed E-state index contributed by atoms with van der Waals surface area (Å²) in [4.78, 5) is 11.3. The number of hydrazone groups is 1. The Kier molecular flexibility index (Phi) is 5.21. The van der Waals surface area contributed by atoms with Crippen LogP contribution in [-0.2, 0) is 0 Å². The molecule has 0 spiro atoms. The van der Waals surface area contributed by atoms with Crippen LogP contribution in [0.5, 0.6) is 0 Å². The number of thiocarbonyl (C=S) groups is 1. The average molecular weight is 312 g/mol. The zero-order valence-corrected chi connectivity index (χ0v) is 12.9. The van der Waals surface area contributed by atoms with Crippen molar-refractivity contribution >= 4 is 34.6 Å². The van der Waals surface area contributed by atoms with Gasteiger partial charge in [0.2, 0.25) is 0 Å². The molecule has 0 aliphatic carbocycles. The first-order valence-corrected chi connectivity index (χ1v) is 7.03. The van der Waals surface area contributed by atoms with E-state index in [1.807, 2.05) is 61.5 Å². The lowest BCUT2D eigenvalue weighted by Crippen LogP contribution is -2.30. The first-order chi connectivity index (χ1) is 10.6. The lowest BCUT2D eigenvalue weighted by atomic mass is 10.1. The normalized spacial score (nSPS) is 10.9. The Bertz CT molecular complexity index is 696. The highest BCUT2D eigenvalue weighted by Crippen LogP contribution is 2.11. The van der Waals surface area contributed by atoms with Crippen LogP contribution < -0.4 is 16.5 Å². The third kappa shape index (κ3) is 4.39. The molecule has 0 aliphatic rings. The number of hydrogen-bond donors (Lipinski definition) is 3. The van der Waals surface area contributed by atoms with Gasteiger partial charge >= 0.3 is 6.03 Å². The van der Waals surface area contributed by atoms with Gasteiger partial charge in [-0.25, -0.2) is 10.2 Å². The largest absolute Gasteiger partial charge is 0.350 e. The van der Waals surface area contributed by atoms with Gasteiger partial charge in [0, 0.05) is 11.3 Å². The van der Waals surface area contributed by atoms with Crippen LogP contribution in [0.2, 0.25) is 0 Å². The quantitative estimate of drug-likeness (QED) is 0.461. The summed E-state index contributed by atoms with van der Waals surface area (Å²) in [5, 5.41) is 7.10. The van der Waals surface area contributed by atoms with Crippen molar-refractivity contribution in [3.05, 3.63) is 65.7 Å². The summed E-state index contributed by atoms with van der Waals surface area (Å²) in [5.41, 5.74) is 10.5. The van der Waals surface area contributed by atoms with E-state index >= 15 is 0 Å². The summed E-state index contributed by atoms with van der Waals surface area (Å²) in [7, 11) is 0. The van der Waals surface area contributed by atoms with E-state index in [0.29, 0.717) is 10.7 Å². The van der Waals surface area contributed by atoms with Gasteiger partial charge in [0.25, 0.3) is 0 Å². The first kappa shape index (κ1) is 15.7. The number of nitrogens with zero attached hydrogens (tertiary/aromatic N) is 1. The van der Waals surface area contributed by atoms with E-state index in [2.05, 4.69) is 15.8 Å². The standard InChI is InChI=1S/C16H16N4OS/c1-11-7-9-13(10-8-11)18-15(22)14(19-20-16(17)21)12-5-3-2-4-6-12/h2-10H,1H3,(H,18,22)(H3,17,20,21). The highest BCUT2D eigenvalue weighted by Gasteiger charge is 2.11. The number of hydrogen-bond acceptors (Lipinski definition) is 3. The number of carbonyl (C=O) groups is 1. The molecule has 0 unspecified atom stereocenters. The van der Waals surface area contributed by atoms with E-state index in [0.717, 1.165) is 16.8 Å². The molecule has 4 N–H and O–H groups in total. The fourth-order valence-electron chi connectivity index (χ4n) is 1.78. The Balaban J connectivity index is 2.24. The van der Waals surface area contributed by atoms with Crippen LogP contribution in [0.4, 0.5) is 10.5 Å². The van der Waals surface area contributed by atoms with Crippen molar-refractivity contribution in [2.24, 2.45) is 10.8 Å². The predicted molar refractivity (Wildman–Crippen MR) is 93.1 cm³/mol. The molecule has 0 aromatic heterocycles. The lowest BCUT2D eigenvalue weighted by molar-refractivity contribution is 0.249. The highest BCUT2D eigenvalue weighted by molar-refractivity contribution is 7.82. The molecule has 0 heterocycles. The second-order valence-corrected chi connectivity index (χ2v) is 5.03. The van der Waals surface area contributed by atoms with Crippen molar-refractivity contribution in [1.82, 2.24) is 5.43 Å². The molecule has 22 heavy (non-hydrogen) atoms. The van der Waals surface area contributed by atoms with Crippen molar-refractivity contribution < 1.29 is 4.79 Å². The Hall–Kier alpha value is -2.73. The Labute approximate surface area is 134 Å². The van der Waals surface area contributed by atoms with E-state index in [1.54, 1.807) is 0 Å². The first-order valence-electron chi connectivity index (χ1n) is 6.63. The smallest absolute Gasteiger partial charge is 0.332 e. The molecule has 112 valence electrons. The van der Waals surface area contributed by atoms with Crippen LogP contribution >= 0.6 is 12.2 Å². The summed E-state index contributed by atoms with van der Waals surface area (Å²) in [5.74, 6) is 0. The average Bonchev–Trinajstić information content (AvgIpc) is 2.50. The number of rotatable bonds is 4. The van der Waals surface area contributed by atoms with Crippen LogP contribution in [0.15, 0.2) is 59.7 Å². The summed E-state index contributed by atoms with van der Waals surface area (Å²) < 4.78 is 0. The predicted octanol–water partition coefficient (Wildman–Crippen LogP) is 2.81. The Morgan fingerprint density at radius 2 is 1.73 bits per heavy atom. The van der Waals surface area contributed by atoms with Gasteiger partial charge in [-0.15, -0.1) is 0 Å². The fourth-order valence-corrected chi connectivity index (χ4v) is 2.06. The van der Waals surface area contributed by atoms with Gasteiger partial charge in [-0.05, 0) is 19.1 Å². The number of carbonyl (C=O) groups excluding carboxylic acids is 1. The summed E-state index contributed by atoms with van der Waals surface area (Å²) in [6.45, 7) is 2.01. The van der Waals surface area contributed by atoms with Gasteiger partial charge in [-0.1, -0.05) is 60.2 Å².